The third-order valence-electron chi connectivity index (χ3n) is 5.03. The van der Waals surface area contributed by atoms with Crippen LogP contribution in [0.1, 0.15) is 17.5 Å². The molecule has 1 aliphatic rings. The van der Waals surface area contributed by atoms with E-state index in [-0.39, 0.29) is 17.5 Å². The van der Waals surface area contributed by atoms with Crippen molar-refractivity contribution in [3.05, 3.63) is 59.7 Å². The highest BCUT2D eigenvalue weighted by Crippen LogP contribution is 2.30. The number of anilines is 1. The first-order valence-electron chi connectivity index (χ1n) is 9.14. The number of thioether (sulfide) groups is 1. The average molecular weight is 392 g/mol. The number of rotatable bonds is 4. The molecule has 1 aliphatic carbocycles. The quantitative estimate of drug-likeness (QED) is 0.397. The van der Waals surface area contributed by atoms with E-state index in [2.05, 4.69) is 32.4 Å². The topological polar surface area (TPSA) is 70.7 Å². The molecule has 5 nitrogen and oxygen atoms in total. The second-order valence-corrected chi connectivity index (χ2v) is 7.86. The van der Waals surface area contributed by atoms with E-state index >= 15 is 0 Å². The minimum absolute atomic E-state index is 0.0862. The van der Waals surface area contributed by atoms with Gasteiger partial charge in [0.05, 0.1) is 11.3 Å². The van der Waals surface area contributed by atoms with Crippen LogP contribution in [0.5, 0.6) is 0 Å². The Morgan fingerprint density at radius 3 is 2.96 bits per heavy atom. The van der Waals surface area contributed by atoms with Gasteiger partial charge < -0.3 is 10.3 Å². The van der Waals surface area contributed by atoms with Crippen LogP contribution < -0.4 is 5.32 Å². The molecule has 140 valence electrons. The molecule has 0 radical (unpaired) electrons. The summed E-state index contributed by atoms with van der Waals surface area (Å²) < 4.78 is 13.6. The van der Waals surface area contributed by atoms with Crippen molar-refractivity contribution in [2.24, 2.45) is 0 Å². The predicted molar refractivity (Wildman–Crippen MR) is 109 cm³/mol. The number of fused-ring (bicyclic) bond motifs is 4. The van der Waals surface area contributed by atoms with Gasteiger partial charge in [-0.3, -0.25) is 4.79 Å². The Bertz CT molecular complexity index is 1220. The minimum Gasteiger partial charge on any atom is -0.351 e. The van der Waals surface area contributed by atoms with Crippen LogP contribution in [0.2, 0.25) is 0 Å². The second-order valence-electron chi connectivity index (χ2n) is 6.89. The van der Waals surface area contributed by atoms with Gasteiger partial charge in [-0.25, -0.2) is 14.4 Å². The standard InChI is InChI=1S/C21H17FN4OS/c22-14-5-7-17-16(9-14)19-20(26-17)21(24-11-23-19)28-10-18(27)25-15-6-4-12-2-1-3-13(12)8-15/h4-9,11,26H,1-3,10H2,(H,25,27). The van der Waals surface area contributed by atoms with Crippen molar-refractivity contribution in [3.8, 4) is 0 Å². The largest absolute Gasteiger partial charge is 0.351 e. The molecule has 0 fully saturated rings. The number of aromatic nitrogens is 3. The molecule has 2 aromatic heterocycles. The Hall–Kier alpha value is -2.93. The number of H-pyrrole nitrogens is 1. The maximum atomic E-state index is 13.6. The third-order valence-corrected chi connectivity index (χ3v) is 6.02. The number of carbonyl (C=O) groups excluding carboxylic acids is 1. The van der Waals surface area contributed by atoms with Gasteiger partial charge in [0.15, 0.2) is 0 Å². The average Bonchev–Trinajstić information content (AvgIpc) is 3.30. The number of benzene rings is 2. The molecule has 0 spiro atoms. The van der Waals surface area contributed by atoms with Gasteiger partial charge in [-0.05, 0) is 60.7 Å². The molecule has 5 rings (SSSR count). The van der Waals surface area contributed by atoms with Crippen molar-refractivity contribution in [1.82, 2.24) is 15.0 Å². The summed E-state index contributed by atoms with van der Waals surface area (Å²) >= 11 is 1.33. The molecule has 2 N–H and O–H groups in total. The van der Waals surface area contributed by atoms with Crippen LogP contribution in [0.15, 0.2) is 47.8 Å². The summed E-state index contributed by atoms with van der Waals surface area (Å²) in [6.07, 6.45) is 4.83. The molecule has 2 heterocycles. The van der Waals surface area contributed by atoms with E-state index < -0.39 is 0 Å². The summed E-state index contributed by atoms with van der Waals surface area (Å²) in [5.41, 5.74) is 5.71. The van der Waals surface area contributed by atoms with E-state index in [9.17, 15) is 9.18 Å². The Labute approximate surface area is 164 Å². The maximum absolute atomic E-state index is 13.6. The van der Waals surface area contributed by atoms with Gasteiger partial charge in [0.2, 0.25) is 5.91 Å². The van der Waals surface area contributed by atoms with Crippen LogP contribution in [0.4, 0.5) is 10.1 Å². The lowest BCUT2D eigenvalue weighted by molar-refractivity contribution is -0.113. The van der Waals surface area contributed by atoms with Crippen molar-refractivity contribution in [2.75, 3.05) is 11.1 Å². The Morgan fingerprint density at radius 1 is 1.14 bits per heavy atom. The summed E-state index contributed by atoms with van der Waals surface area (Å²) in [6.45, 7) is 0. The summed E-state index contributed by atoms with van der Waals surface area (Å²) in [5, 5.41) is 4.34. The monoisotopic (exact) mass is 392 g/mol. The van der Waals surface area contributed by atoms with Crippen LogP contribution in [-0.4, -0.2) is 26.6 Å². The number of hydrogen-bond acceptors (Lipinski definition) is 4. The molecule has 1 amide bonds. The van der Waals surface area contributed by atoms with Crippen LogP contribution in [0.25, 0.3) is 21.9 Å². The molecule has 0 bridgehead atoms. The number of amides is 1. The number of aryl methyl sites for hydroxylation is 2. The van der Waals surface area contributed by atoms with E-state index in [0.717, 1.165) is 29.6 Å². The van der Waals surface area contributed by atoms with Crippen molar-refractivity contribution in [3.63, 3.8) is 0 Å². The van der Waals surface area contributed by atoms with Gasteiger partial charge in [0, 0.05) is 16.6 Å². The summed E-state index contributed by atoms with van der Waals surface area (Å²) in [5.74, 6) is -0.167. The van der Waals surface area contributed by atoms with E-state index in [4.69, 9.17) is 0 Å². The fraction of sp³-hybridized carbons (Fsp3) is 0.190. The van der Waals surface area contributed by atoms with E-state index in [1.165, 1.54) is 47.8 Å². The van der Waals surface area contributed by atoms with Crippen LogP contribution >= 0.6 is 11.8 Å². The molecular weight excluding hydrogens is 375 g/mol. The van der Waals surface area contributed by atoms with Crippen molar-refractivity contribution >= 4 is 45.3 Å². The van der Waals surface area contributed by atoms with Gasteiger partial charge in [-0.1, -0.05) is 17.8 Å². The fourth-order valence-corrected chi connectivity index (χ4v) is 4.49. The van der Waals surface area contributed by atoms with Gasteiger partial charge in [-0.2, -0.15) is 0 Å². The Kier molecular flexibility index (Phi) is 4.24. The first kappa shape index (κ1) is 17.2. The predicted octanol–water partition coefficient (Wildman–Crippen LogP) is 4.47. The lowest BCUT2D eigenvalue weighted by atomic mass is 10.1. The lowest BCUT2D eigenvalue weighted by Gasteiger charge is -2.07. The third kappa shape index (κ3) is 3.11. The number of aromatic amines is 1. The molecule has 0 unspecified atom stereocenters. The van der Waals surface area contributed by atoms with E-state index in [1.54, 1.807) is 6.07 Å². The number of nitrogens with one attached hydrogen (secondary N) is 2. The number of carbonyl (C=O) groups is 1. The number of hydrogen-bond donors (Lipinski definition) is 2. The maximum Gasteiger partial charge on any atom is 0.234 e. The normalized spacial score (nSPS) is 13.2. The van der Waals surface area contributed by atoms with Gasteiger partial charge in [0.25, 0.3) is 0 Å². The summed E-state index contributed by atoms with van der Waals surface area (Å²) in [6, 6.07) is 10.7. The Balaban J connectivity index is 1.34. The van der Waals surface area contributed by atoms with Crippen LogP contribution in [-0.2, 0) is 17.6 Å². The fourth-order valence-electron chi connectivity index (χ4n) is 3.73. The SMILES string of the molecule is O=C(CSc1ncnc2c1[nH]c1ccc(F)cc12)Nc1ccc2c(c1)CCC2. The van der Waals surface area contributed by atoms with Gasteiger partial charge in [-0.15, -0.1) is 0 Å². The first-order chi connectivity index (χ1) is 13.7. The zero-order valence-corrected chi connectivity index (χ0v) is 15.8. The molecule has 0 atom stereocenters. The van der Waals surface area contributed by atoms with Crippen LogP contribution in [0.3, 0.4) is 0 Å². The summed E-state index contributed by atoms with van der Waals surface area (Å²) in [7, 11) is 0. The highest BCUT2D eigenvalue weighted by Gasteiger charge is 2.14. The second kappa shape index (κ2) is 6.91. The molecule has 0 aliphatic heterocycles. The summed E-state index contributed by atoms with van der Waals surface area (Å²) in [4.78, 5) is 24.2. The zero-order valence-electron chi connectivity index (χ0n) is 15.0. The van der Waals surface area contributed by atoms with Crippen molar-refractivity contribution in [1.29, 1.82) is 0 Å². The highest BCUT2D eigenvalue weighted by atomic mass is 32.2. The molecule has 2 aromatic carbocycles. The molecule has 4 aromatic rings. The molecule has 7 heteroatoms. The molecule has 28 heavy (non-hydrogen) atoms. The molecule has 0 saturated carbocycles. The smallest absolute Gasteiger partial charge is 0.234 e. The minimum atomic E-state index is -0.310. The van der Waals surface area contributed by atoms with Crippen LogP contribution in [0, 0.1) is 5.82 Å². The highest BCUT2D eigenvalue weighted by molar-refractivity contribution is 8.00. The number of halogens is 1. The molecular formula is C21H17FN4OS. The molecule has 0 saturated heterocycles. The zero-order chi connectivity index (χ0) is 19.1. The van der Waals surface area contributed by atoms with Gasteiger partial charge >= 0.3 is 0 Å². The van der Waals surface area contributed by atoms with Crippen molar-refractivity contribution < 1.29 is 9.18 Å². The van der Waals surface area contributed by atoms with Crippen molar-refractivity contribution in [2.45, 2.75) is 24.3 Å². The lowest BCUT2D eigenvalue weighted by Crippen LogP contribution is -2.14. The van der Waals surface area contributed by atoms with E-state index in [1.807, 2.05) is 6.07 Å². The number of nitrogens with zero attached hydrogens (tertiary/aromatic N) is 2. The first-order valence-corrected chi connectivity index (χ1v) is 10.1. The Morgan fingerprint density at radius 2 is 2.04 bits per heavy atom. The van der Waals surface area contributed by atoms with E-state index in [0.29, 0.717) is 15.9 Å². The van der Waals surface area contributed by atoms with Gasteiger partial charge in [0.1, 0.15) is 22.7 Å².